The average molecular weight is 483 g/mol. The molecule has 0 heterocycles. The van der Waals surface area contributed by atoms with Crippen molar-refractivity contribution in [3.63, 3.8) is 0 Å². The molecule has 2 atom stereocenters. The number of ether oxygens (including phenoxy) is 2. The Morgan fingerprint density at radius 2 is 1.83 bits per heavy atom. The van der Waals surface area contributed by atoms with Crippen LogP contribution >= 0.6 is 16.1 Å². The van der Waals surface area contributed by atoms with Crippen LogP contribution < -0.4 is 10.1 Å². The summed E-state index contributed by atoms with van der Waals surface area (Å²) in [5.74, 6) is 0.734. The molecule has 1 saturated carbocycles. The zero-order valence-electron chi connectivity index (χ0n) is 19.2. The maximum absolute atomic E-state index is 12.9. The number of nitrogens with one attached hydrogen (secondary N) is 1. The summed E-state index contributed by atoms with van der Waals surface area (Å²) >= 11 is 3.44. The quantitative estimate of drug-likeness (QED) is 0.576. The van der Waals surface area contributed by atoms with E-state index in [1.54, 1.807) is 11.0 Å². The zero-order valence-corrected chi connectivity index (χ0v) is 20.8. The van der Waals surface area contributed by atoms with Crippen molar-refractivity contribution in [3.05, 3.63) is 29.3 Å². The Morgan fingerprint density at radius 3 is 2.40 bits per heavy atom. The summed E-state index contributed by atoms with van der Waals surface area (Å²) in [6, 6.07) is 6.05. The van der Waals surface area contributed by atoms with E-state index in [9.17, 15) is 9.59 Å². The fraction of sp³-hybridized carbons (Fsp3) is 0.652. The van der Waals surface area contributed by atoms with Gasteiger partial charge in [0.05, 0.1) is 29.8 Å². The molecule has 2 rings (SSSR count). The van der Waals surface area contributed by atoms with Gasteiger partial charge in [0.15, 0.2) is 0 Å². The van der Waals surface area contributed by atoms with Gasteiger partial charge < -0.3 is 14.8 Å². The molecule has 0 spiro atoms. The van der Waals surface area contributed by atoms with E-state index in [4.69, 9.17) is 9.47 Å². The molecule has 1 fully saturated rings. The van der Waals surface area contributed by atoms with Crippen LogP contribution in [0.4, 0.5) is 4.79 Å². The molecule has 6 nitrogen and oxygen atoms in total. The highest BCUT2D eigenvalue weighted by Gasteiger charge is 2.34. The lowest BCUT2D eigenvalue weighted by Gasteiger charge is -2.24. The van der Waals surface area contributed by atoms with Crippen molar-refractivity contribution in [1.82, 2.24) is 9.24 Å². The number of nitrogens with zero attached hydrogens (tertiary/aromatic N) is 1. The van der Waals surface area contributed by atoms with Crippen molar-refractivity contribution in [3.8, 4) is 5.75 Å². The zero-order chi connectivity index (χ0) is 22.7. The summed E-state index contributed by atoms with van der Waals surface area (Å²) < 4.78 is 12.5. The van der Waals surface area contributed by atoms with Crippen LogP contribution in [-0.4, -0.2) is 34.7 Å². The van der Waals surface area contributed by atoms with Crippen molar-refractivity contribution in [1.29, 1.82) is 0 Å². The highest BCUT2D eigenvalue weighted by atomic mass is 79.9. The number of carbonyl (C=O) groups excluding carboxylic acids is 2. The molecule has 2 amide bonds. The average Bonchev–Trinajstić information content (AvgIpc) is 3.06. The van der Waals surface area contributed by atoms with Crippen LogP contribution in [0.1, 0.15) is 71.9 Å². The highest BCUT2D eigenvalue weighted by Crippen LogP contribution is 2.33. The smallest absolute Gasteiger partial charge is 0.407 e. The Morgan fingerprint density at radius 1 is 1.17 bits per heavy atom. The first-order valence-electron chi connectivity index (χ1n) is 10.4. The molecule has 7 heteroatoms. The molecule has 30 heavy (non-hydrogen) atoms. The topological polar surface area (TPSA) is 67.9 Å². The van der Waals surface area contributed by atoms with Gasteiger partial charge in [-0.05, 0) is 62.6 Å². The van der Waals surface area contributed by atoms with E-state index in [0.717, 1.165) is 29.7 Å². The molecular formula is C23H35BrN2O4. The molecular weight excluding hydrogens is 448 g/mol. The molecule has 0 saturated heterocycles. The second-order valence-electron chi connectivity index (χ2n) is 10.00. The second-order valence-corrected chi connectivity index (χ2v) is 10.9. The van der Waals surface area contributed by atoms with Crippen LogP contribution in [0.2, 0.25) is 0 Å². The first-order valence-corrected chi connectivity index (χ1v) is 11.1. The Bertz CT molecular complexity index is 767. The van der Waals surface area contributed by atoms with Crippen molar-refractivity contribution >= 4 is 28.1 Å². The van der Waals surface area contributed by atoms with E-state index < -0.39 is 11.7 Å². The van der Waals surface area contributed by atoms with Crippen LogP contribution in [0, 0.1) is 5.92 Å². The number of alkyl carbamates (subject to hydrolysis) is 1. The summed E-state index contributed by atoms with van der Waals surface area (Å²) in [5.41, 5.74) is 1.57. The number of hydrogen-bond donors (Lipinski definition) is 1. The van der Waals surface area contributed by atoms with Gasteiger partial charge in [-0.1, -0.05) is 32.9 Å². The standard InChI is InChI=1S/C23H35BrN2O4/c1-22(2,3)18-11-8-15(12-19(18)29-7)14-26(24)20(27)16-9-10-17(13-16)25-21(28)30-23(4,5)6/h8,11-12,16-17H,9-10,13-14H2,1-7H3,(H,25,28)/t16-,17-/m0/s1. The third kappa shape index (κ3) is 6.89. The molecule has 1 aliphatic carbocycles. The molecule has 168 valence electrons. The highest BCUT2D eigenvalue weighted by molar-refractivity contribution is 9.07. The van der Waals surface area contributed by atoms with Crippen LogP contribution in [0.25, 0.3) is 0 Å². The lowest BCUT2D eigenvalue weighted by atomic mass is 9.86. The number of amides is 2. The number of hydrogen-bond acceptors (Lipinski definition) is 4. The lowest BCUT2D eigenvalue weighted by Crippen LogP contribution is -2.38. The van der Waals surface area contributed by atoms with Gasteiger partial charge in [0.1, 0.15) is 11.4 Å². The maximum atomic E-state index is 12.9. The lowest BCUT2D eigenvalue weighted by molar-refractivity contribution is -0.130. The van der Waals surface area contributed by atoms with Gasteiger partial charge in [0.2, 0.25) is 5.91 Å². The molecule has 0 aliphatic heterocycles. The van der Waals surface area contributed by atoms with Gasteiger partial charge in [-0.15, -0.1) is 0 Å². The van der Waals surface area contributed by atoms with Crippen molar-refractivity contribution < 1.29 is 19.1 Å². The number of halogens is 1. The first kappa shape index (κ1) is 24.5. The molecule has 1 aromatic rings. The van der Waals surface area contributed by atoms with Gasteiger partial charge in [0, 0.05) is 12.0 Å². The summed E-state index contributed by atoms with van der Waals surface area (Å²) in [6.45, 7) is 12.4. The molecule has 1 aromatic carbocycles. The van der Waals surface area contributed by atoms with E-state index in [2.05, 4.69) is 48.3 Å². The van der Waals surface area contributed by atoms with Gasteiger partial charge >= 0.3 is 6.09 Å². The Balaban J connectivity index is 1.94. The second kappa shape index (κ2) is 9.58. The summed E-state index contributed by atoms with van der Waals surface area (Å²) in [7, 11) is 1.67. The van der Waals surface area contributed by atoms with Gasteiger partial charge in [-0.2, -0.15) is 0 Å². The van der Waals surface area contributed by atoms with E-state index in [1.165, 1.54) is 0 Å². The molecule has 1 aliphatic rings. The molecule has 0 bridgehead atoms. The SMILES string of the molecule is COc1cc(CN(Br)C(=O)[C@H]2CC[C@H](NC(=O)OC(C)(C)C)C2)ccc1C(C)(C)C. The van der Waals surface area contributed by atoms with Crippen LogP contribution in [0.15, 0.2) is 18.2 Å². The van der Waals surface area contributed by atoms with E-state index in [1.807, 2.05) is 32.9 Å². The van der Waals surface area contributed by atoms with Crippen LogP contribution in [0.3, 0.4) is 0 Å². The third-order valence-electron chi connectivity index (χ3n) is 5.14. The Hall–Kier alpha value is -1.76. The van der Waals surface area contributed by atoms with Crippen molar-refractivity contribution in [2.24, 2.45) is 5.92 Å². The minimum absolute atomic E-state index is 0.0201. The predicted molar refractivity (Wildman–Crippen MR) is 122 cm³/mol. The minimum atomic E-state index is -0.534. The Kier molecular flexibility index (Phi) is 7.83. The van der Waals surface area contributed by atoms with E-state index >= 15 is 0 Å². The minimum Gasteiger partial charge on any atom is -0.496 e. The normalized spacial score (nSPS) is 19.3. The van der Waals surface area contributed by atoms with E-state index in [-0.39, 0.29) is 23.3 Å². The van der Waals surface area contributed by atoms with Gasteiger partial charge in [0.25, 0.3) is 0 Å². The fourth-order valence-corrected chi connectivity index (χ4v) is 4.28. The Labute approximate surface area is 189 Å². The number of methoxy groups -OCH3 is 1. The first-order chi connectivity index (χ1) is 13.8. The van der Waals surface area contributed by atoms with Crippen molar-refractivity contribution in [2.75, 3.05) is 7.11 Å². The predicted octanol–water partition coefficient (Wildman–Crippen LogP) is 5.32. The van der Waals surface area contributed by atoms with E-state index in [0.29, 0.717) is 13.0 Å². The fourth-order valence-electron chi connectivity index (χ4n) is 3.70. The largest absolute Gasteiger partial charge is 0.496 e. The summed E-state index contributed by atoms with van der Waals surface area (Å²) in [6.07, 6.45) is 1.70. The molecule has 0 aromatic heterocycles. The van der Waals surface area contributed by atoms with Crippen LogP contribution in [0.5, 0.6) is 5.75 Å². The number of rotatable bonds is 5. The summed E-state index contributed by atoms with van der Waals surface area (Å²) in [5, 5.41) is 2.88. The monoisotopic (exact) mass is 482 g/mol. The van der Waals surface area contributed by atoms with Crippen LogP contribution in [-0.2, 0) is 21.5 Å². The molecule has 0 radical (unpaired) electrons. The maximum Gasteiger partial charge on any atom is 0.407 e. The molecule has 0 unspecified atom stereocenters. The number of benzene rings is 1. The summed E-state index contributed by atoms with van der Waals surface area (Å²) in [4.78, 5) is 24.9. The molecule has 1 N–H and O–H groups in total. The van der Waals surface area contributed by atoms with Crippen molar-refractivity contribution in [2.45, 2.75) is 84.4 Å². The number of carbonyl (C=O) groups is 2. The van der Waals surface area contributed by atoms with Gasteiger partial charge in [-0.3, -0.25) is 8.72 Å². The van der Waals surface area contributed by atoms with Gasteiger partial charge in [-0.25, -0.2) is 4.79 Å². The third-order valence-corrected chi connectivity index (χ3v) is 5.74.